The summed E-state index contributed by atoms with van der Waals surface area (Å²) in [4.78, 5) is 37.0. The molecule has 8 nitrogen and oxygen atoms in total. The molecule has 0 spiro atoms. The van der Waals surface area contributed by atoms with Gasteiger partial charge in [0.2, 0.25) is 0 Å². The van der Waals surface area contributed by atoms with E-state index >= 15 is 0 Å². The topological polar surface area (TPSA) is 97.0 Å². The number of amides is 3. The van der Waals surface area contributed by atoms with Crippen molar-refractivity contribution in [2.45, 2.75) is 32.7 Å². The van der Waals surface area contributed by atoms with E-state index in [0.29, 0.717) is 43.8 Å². The minimum Gasteiger partial charge on any atom is -0.465 e. The second-order valence-electron chi connectivity index (χ2n) is 6.08. The summed E-state index contributed by atoms with van der Waals surface area (Å²) in [7, 11) is 1.32. The smallest absolute Gasteiger partial charge is 0.409 e. The maximum atomic E-state index is 12.2. The monoisotopic (exact) mass is 363 g/mol. The lowest BCUT2D eigenvalue weighted by molar-refractivity contribution is 0.0600. The van der Waals surface area contributed by atoms with Crippen molar-refractivity contribution < 1.29 is 23.9 Å². The van der Waals surface area contributed by atoms with Crippen LogP contribution in [0.3, 0.4) is 0 Å². The number of aryl methyl sites for hydroxylation is 1. The molecule has 2 N–H and O–H groups in total. The standard InChI is InChI=1S/C18H25N3O5/c1-4-26-18(24)21-9-7-14(8-10-21)19-17(23)20-15-6-5-13(11-12(15)2)16(22)25-3/h5-6,11,14H,4,7-10H2,1-3H3,(H2,19,20,23). The molecule has 0 aromatic heterocycles. The number of nitrogens with one attached hydrogen (secondary N) is 2. The third-order valence-corrected chi connectivity index (χ3v) is 4.25. The highest BCUT2D eigenvalue weighted by Crippen LogP contribution is 2.18. The highest BCUT2D eigenvalue weighted by molar-refractivity contribution is 5.93. The van der Waals surface area contributed by atoms with Gasteiger partial charge in [0.1, 0.15) is 0 Å². The predicted octanol–water partition coefficient (Wildman–Crippen LogP) is 2.52. The molecule has 1 aliphatic heterocycles. The molecule has 0 unspecified atom stereocenters. The Balaban J connectivity index is 1.84. The number of rotatable bonds is 4. The molecule has 142 valence electrons. The Bertz CT molecular complexity index is 669. The molecule has 2 rings (SSSR count). The summed E-state index contributed by atoms with van der Waals surface area (Å²) >= 11 is 0. The van der Waals surface area contributed by atoms with E-state index in [1.807, 2.05) is 0 Å². The van der Waals surface area contributed by atoms with E-state index in [9.17, 15) is 14.4 Å². The summed E-state index contributed by atoms with van der Waals surface area (Å²) < 4.78 is 9.66. The first-order valence-corrected chi connectivity index (χ1v) is 8.62. The Hall–Kier alpha value is -2.77. The molecule has 0 saturated carbocycles. The van der Waals surface area contributed by atoms with Gasteiger partial charge in [0, 0.05) is 24.8 Å². The molecule has 0 radical (unpaired) electrons. The van der Waals surface area contributed by atoms with Crippen molar-refractivity contribution in [3.63, 3.8) is 0 Å². The van der Waals surface area contributed by atoms with E-state index < -0.39 is 5.97 Å². The van der Waals surface area contributed by atoms with Gasteiger partial charge in [-0.15, -0.1) is 0 Å². The third-order valence-electron chi connectivity index (χ3n) is 4.25. The molecule has 26 heavy (non-hydrogen) atoms. The molecule has 1 saturated heterocycles. The fourth-order valence-corrected chi connectivity index (χ4v) is 2.81. The van der Waals surface area contributed by atoms with Crippen LogP contribution in [-0.4, -0.2) is 55.8 Å². The maximum absolute atomic E-state index is 12.2. The number of benzene rings is 1. The van der Waals surface area contributed by atoms with Crippen LogP contribution in [0, 0.1) is 6.92 Å². The molecule has 0 aliphatic carbocycles. The van der Waals surface area contributed by atoms with Crippen molar-refractivity contribution in [1.29, 1.82) is 0 Å². The number of methoxy groups -OCH3 is 1. The highest BCUT2D eigenvalue weighted by Gasteiger charge is 2.24. The Kier molecular flexibility index (Phi) is 6.82. The van der Waals surface area contributed by atoms with E-state index in [-0.39, 0.29) is 18.2 Å². The number of urea groups is 1. The fraction of sp³-hybridized carbons (Fsp3) is 0.500. The number of ether oxygens (including phenoxy) is 2. The van der Waals surface area contributed by atoms with Crippen LogP contribution in [0.4, 0.5) is 15.3 Å². The molecule has 1 aromatic carbocycles. The summed E-state index contributed by atoms with van der Waals surface area (Å²) in [6.45, 7) is 5.04. The normalized spacial score (nSPS) is 14.5. The SMILES string of the molecule is CCOC(=O)N1CCC(NC(=O)Nc2ccc(C(=O)OC)cc2C)CC1. The van der Waals surface area contributed by atoms with Gasteiger partial charge in [-0.2, -0.15) is 0 Å². The third kappa shape index (κ3) is 5.11. The van der Waals surface area contributed by atoms with E-state index in [4.69, 9.17) is 4.74 Å². The summed E-state index contributed by atoms with van der Waals surface area (Å²) in [5.41, 5.74) is 1.82. The number of carbonyl (C=O) groups excluding carboxylic acids is 3. The van der Waals surface area contributed by atoms with Crippen molar-refractivity contribution in [1.82, 2.24) is 10.2 Å². The molecule has 8 heteroatoms. The van der Waals surface area contributed by atoms with Crippen molar-refractivity contribution in [2.24, 2.45) is 0 Å². The molecule has 0 bridgehead atoms. The number of esters is 1. The molecular formula is C18H25N3O5. The van der Waals surface area contributed by atoms with Crippen molar-refractivity contribution in [3.05, 3.63) is 29.3 Å². The average molecular weight is 363 g/mol. The zero-order valence-corrected chi connectivity index (χ0v) is 15.3. The first-order chi connectivity index (χ1) is 12.4. The average Bonchev–Trinajstić information content (AvgIpc) is 2.63. The van der Waals surface area contributed by atoms with Crippen molar-refractivity contribution >= 4 is 23.8 Å². The predicted molar refractivity (Wildman–Crippen MR) is 96.3 cm³/mol. The summed E-state index contributed by atoms with van der Waals surface area (Å²) in [6.07, 6.45) is 1.04. The van der Waals surface area contributed by atoms with Gasteiger partial charge in [0.25, 0.3) is 0 Å². The van der Waals surface area contributed by atoms with Crippen LogP contribution in [-0.2, 0) is 9.47 Å². The first kappa shape index (κ1) is 19.6. The van der Waals surface area contributed by atoms with Gasteiger partial charge in [-0.05, 0) is 50.5 Å². The Morgan fingerprint density at radius 3 is 2.50 bits per heavy atom. The largest absolute Gasteiger partial charge is 0.465 e. The molecule has 0 atom stereocenters. The fourth-order valence-electron chi connectivity index (χ4n) is 2.81. The van der Waals surface area contributed by atoms with Crippen LogP contribution in [0.25, 0.3) is 0 Å². The molecule has 3 amide bonds. The van der Waals surface area contributed by atoms with E-state index in [1.54, 1.807) is 36.9 Å². The minimum atomic E-state index is -0.419. The summed E-state index contributed by atoms with van der Waals surface area (Å²) in [6, 6.07) is 4.62. The van der Waals surface area contributed by atoms with Gasteiger partial charge in [-0.3, -0.25) is 0 Å². The van der Waals surface area contributed by atoms with Gasteiger partial charge in [-0.25, -0.2) is 14.4 Å². The van der Waals surface area contributed by atoms with Crippen LogP contribution >= 0.6 is 0 Å². The molecular weight excluding hydrogens is 338 g/mol. The minimum absolute atomic E-state index is 0.00433. The first-order valence-electron chi connectivity index (χ1n) is 8.62. The second-order valence-corrected chi connectivity index (χ2v) is 6.08. The van der Waals surface area contributed by atoms with Gasteiger partial charge in [0.15, 0.2) is 0 Å². The summed E-state index contributed by atoms with van der Waals surface area (Å²) in [5.74, 6) is -0.419. The Labute approximate surface area is 152 Å². The number of nitrogens with zero attached hydrogens (tertiary/aromatic N) is 1. The Morgan fingerprint density at radius 2 is 1.92 bits per heavy atom. The lowest BCUT2D eigenvalue weighted by Crippen LogP contribution is -2.47. The van der Waals surface area contributed by atoms with E-state index in [0.717, 1.165) is 5.56 Å². The van der Waals surface area contributed by atoms with Gasteiger partial charge < -0.3 is 25.0 Å². The number of hydrogen-bond acceptors (Lipinski definition) is 5. The molecule has 1 heterocycles. The number of hydrogen-bond donors (Lipinski definition) is 2. The quantitative estimate of drug-likeness (QED) is 0.801. The second kappa shape index (κ2) is 9.07. The van der Waals surface area contributed by atoms with E-state index in [1.165, 1.54) is 7.11 Å². The lowest BCUT2D eigenvalue weighted by Gasteiger charge is -2.31. The van der Waals surface area contributed by atoms with E-state index in [2.05, 4.69) is 15.4 Å². The van der Waals surface area contributed by atoms with Gasteiger partial charge >= 0.3 is 18.1 Å². The van der Waals surface area contributed by atoms with Crippen LogP contribution < -0.4 is 10.6 Å². The van der Waals surface area contributed by atoms with Crippen LogP contribution in [0.1, 0.15) is 35.7 Å². The van der Waals surface area contributed by atoms with Crippen LogP contribution in [0.5, 0.6) is 0 Å². The summed E-state index contributed by atoms with van der Waals surface area (Å²) in [5, 5.41) is 5.70. The molecule has 1 fully saturated rings. The Morgan fingerprint density at radius 1 is 1.23 bits per heavy atom. The highest BCUT2D eigenvalue weighted by atomic mass is 16.6. The van der Waals surface area contributed by atoms with Crippen LogP contribution in [0.15, 0.2) is 18.2 Å². The molecule has 1 aromatic rings. The molecule has 1 aliphatic rings. The zero-order chi connectivity index (χ0) is 19.1. The number of likely N-dealkylation sites (tertiary alicyclic amines) is 1. The number of carbonyl (C=O) groups is 3. The van der Waals surface area contributed by atoms with Crippen molar-refractivity contribution in [3.8, 4) is 0 Å². The maximum Gasteiger partial charge on any atom is 0.409 e. The van der Waals surface area contributed by atoms with Gasteiger partial charge in [0.05, 0.1) is 19.3 Å². The number of piperidine rings is 1. The lowest BCUT2D eigenvalue weighted by atomic mass is 10.1. The number of anilines is 1. The van der Waals surface area contributed by atoms with Crippen LogP contribution in [0.2, 0.25) is 0 Å². The van der Waals surface area contributed by atoms with Crippen molar-refractivity contribution in [2.75, 3.05) is 32.1 Å². The van der Waals surface area contributed by atoms with Gasteiger partial charge in [-0.1, -0.05) is 0 Å². The zero-order valence-electron chi connectivity index (χ0n) is 15.3.